The Bertz CT molecular complexity index is 878. The lowest BCUT2D eigenvalue weighted by molar-refractivity contribution is -0.147. The van der Waals surface area contributed by atoms with E-state index in [-0.39, 0.29) is 11.8 Å². The van der Waals surface area contributed by atoms with Crippen LogP contribution in [0.25, 0.3) is 0 Å². The Morgan fingerprint density at radius 2 is 1.61 bits per heavy atom. The van der Waals surface area contributed by atoms with Gasteiger partial charge in [0.15, 0.2) is 11.5 Å². The predicted molar refractivity (Wildman–Crippen MR) is 108 cm³/mol. The largest absolute Gasteiger partial charge is 0.493 e. The van der Waals surface area contributed by atoms with E-state index in [0.29, 0.717) is 36.7 Å². The Labute approximate surface area is 165 Å². The quantitative estimate of drug-likeness (QED) is 0.806. The molecule has 1 aliphatic heterocycles. The third kappa shape index (κ3) is 3.81. The van der Waals surface area contributed by atoms with Crippen molar-refractivity contribution < 1.29 is 19.1 Å². The Morgan fingerprint density at radius 3 is 2.21 bits per heavy atom. The van der Waals surface area contributed by atoms with Crippen LogP contribution in [-0.4, -0.2) is 37.5 Å². The molecule has 0 saturated carbocycles. The molecule has 0 aliphatic carbocycles. The van der Waals surface area contributed by atoms with Gasteiger partial charge in [-0.15, -0.1) is 0 Å². The number of amides is 2. The van der Waals surface area contributed by atoms with Gasteiger partial charge in [0.05, 0.1) is 14.2 Å². The molecule has 1 N–H and O–H groups in total. The first-order valence-corrected chi connectivity index (χ1v) is 9.26. The molecule has 0 unspecified atom stereocenters. The van der Waals surface area contributed by atoms with Gasteiger partial charge in [0, 0.05) is 18.8 Å². The van der Waals surface area contributed by atoms with Crippen molar-refractivity contribution in [3.8, 4) is 11.5 Å². The average Bonchev–Trinajstić information content (AvgIpc) is 2.72. The van der Waals surface area contributed by atoms with Gasteiger partial charge in [-0.1, -0.05) is 18.2 Å². The highest BCUT2D eigenvalue weighted by molar-refractivity contribution is 6.09. The van der Waals surface area contributed by atoms with Crippen molar-refractivity contribution in [2.45, 2.75) is 26.8 Å². The second kappa shape index (κ2) is 7.92. The van der Waals surface area contributed by atoms with Crippen LogP contribution in [0.2, 0.25) is 0 Å². The van der Waals surface area contributed by atoms with Crippen molar-refractivity contribution in [2.24, 2.45) is 5.41 Å². The number of carbonyl (C=O) groups is 2. The van der Waals surface area contributed by atoms with Crippen LogP contribution >= 0.6 is 0 Å². The maximum Gasteiger partial charge on any atom is 0.239 e. The van der Waals surface area contributed by atoms with E-state index in [1.54, 1.807) is 45.1 Å². The molecule has 0 aromatic heterocycles. The highest BCUT2D eigenvalue weighted by atomic mass is 16.5. The van der Waals surface area contributed by atoms with Gasteiger partial charge in [-0.3, -0.25) is 9.59 Å². The van der Waals surface area contributed by atoms with Crippen LogP contribution in [0.15, 0.2) is 42.5 Å². The smallest absolute Gasteiger partial charge is 0.239 e. The Morgan fingerprint density at radius 1 is 1.00 bits per heavy atom. The fraction of sp³-hybridized carbons (Fsp3) is 0.364. The normalized spacial score (nSPS) is 13.5. The number of hydrogen-bond donors (Lipinski definition) is 1. The van der Waals surface area contributed by atoms with E-state index < -0.39 is 5.41 Å². The maximum atomic E-state index is 13.1. The molecular weight excluding hydrogens is 356 g/mol. The number of para-hydroxylation sites is 1. The van der Waals surface area contributed by atoms with Crippen molar-refractivity contribution in [2.75, 3.05) is 26.1 Å². The molecule has 0 saturated heterocycles. The highest BCUT2D eigenvalue weighted by Gasteiger charge is 2.40. The summed E-state index contributed by atoms with van der Waals surface area (Å²) >= 11 is 0. The summed E-state index contributed by atoms with van der Waals surface area (Å²) in [5, 5.41) is 2.83. The molecule has 6 nitrogen and oxygen atoms in total. The fourth-order valence-electron chi connectivity index (χ4n) is 3.36. The number of anilines is 1. The molecule has 1 aliphatic rings. The number of ether oxygens (including phenoxy) is 2. The van der Waals surface area contributed by atoms with Crippen LogP contribution in [-0.2, 0) is 22.6 Å². The van der Waals surface area contributed by atoms with Gasteiger partial charge >= 0.3 is 0 Å². The van der Waals surface area contributed by atoms with Crippen LogP contribution in [0.5, 0.6) is 11.5 Å². The predicted octanol–water partition coefficient (Wildman–Crippen LogP) is 3.25. The Hall–Kier alpha value is -3.02. The second-order valence-electron chi connectivity index (χ2n) is 7.40. The molecule has 0 bridgehead atoms. The van der Waals surface area contributed by atoms with E-state index in [1.165, 1.54) is 0 Å². The van der Waals surface area contributed by atoms with Gasteiger partial charge in [-0.05, 0) is 55.7 Å². The summed E-state index contributed by atoms with van der Waals surface area (Å²) in [6, 6.07) is 13.0. The van der Waals surface area contributed by atoms with Gasteiger partial charge in [0.1, 0.15) is 5.41 Å². The van der Waals surface area contributed by atoms with E-state index in [1.807, 2.05) is 30.3 Å². The van der Waals surface area contributed by atoms with E-state index in [2.05, 4.69) is 5.32 Å². The Balaban J connectivity index is 1.76. The number of fused-ring (bicyclic) bond motifs is 1. The molecule has 0 spiro atoms. The lowest BCUT2D eigenvalue weighted by Crippen LogP contribution is -2.48. The standard InChI is InChI=1S/C22H26N2O4/c1-22(2,20(25)23-17-8-6-5-7-9-17)21(26)24-11-10-15-12-18(27-3)19(28-4)13-16(15)14-24/h5-9,12-13H,10-11,14H2,1-4H3,(H,23,25). The van der Waals surface area contributed by atoms with Gasteiger partial charge in [0.25, 0.3) is 0 Å². The summed E-state index contributed by atoms with van der Waals surface area (Å²) in [6.45, 7) is 4.33. The van der Waals surface area contributed by atoms with Crippen molar-refractivity contribution in [1.29, 1.82) is 0 Å². The zero-order chi connectivity index (χ0) is 20.3. The van der Waals surface area contributed by atoms with E-state index in [0.717, 1.165) is 11.1 Å². The topological polar surface area (TPSA) is 67.9 Å². The van der Waals surface area contributed by atoms with Crippen molar-refractivity contribution >= 4 is 17.5 Å². The van der Waals surface area contributed by atoms with Gasteiger partial charge in [0.2, 0.25) is 11.8 Å². The van der Waals surface area contributed by atoms with Crippen LogP contribution in [0.4, 0.5) is 5.69 Å². The van der Waals surface area contributed by atoms with Crippen molar-refractivity contribution in [3.63, 3.8) is 0 Å². The first kappa shape index (κ1) is 19.7. The number of methoxy groups -OCH3 is 2. The number of hydrogen-bond acceptors (Lipinski definition) is 4. The molecule has 0 radical (unpaired) electrons. The molecule has 2 aromatic carbocycles. The first-order valence-electron chi connectivity index (χ1n) is 9.26. The van der Waals surface area contributed by atoms with Crippen LogP contribution in [0.1, 0.15) is 25.0 Å². The summed E-state index contributed by atoms with van der Waals surface area (Å²) in [7, 11) is 3.20. The summed E-state index contributed by atoms with van der Waals surface area (Å²) in [5.41, 5.74) is 1.64. The molecular formula is C22H26N2O4. The third-order valence-electron chi connectivity index (χ3n) is 5.14. The Kier molecular flexibility index (Phi) is 5.58. The van der Waals surface area contributed by atoms with E-state index >= 15 is 0 Å². The number of nitrogens with zero attached hydrogens (tertiary/aromatic N) is 1. The zero-order valence-corrected chi connectivity index (χ0v) is 16.7. The monoisotopic (exact) mass is 382 g/mol. The first-order chi connectivity index (χ1) is 13.4. The lowest BCUT2D eigenvalue weighted by atomic mass is 9.88. The second-order valence-corrected chi connectivity index (χ2v) is 7.40. The number of nitrogens with one attached hydrogen (secondary N) is 1. The lowest BCUT2D eigenvalue weighted by Gasteiger charge is -2.34. The minimum absolute atomic E-state index is 0.193. The number of rotatable bonds is 5. The van der Waals surface area contributed by atoms with Gasteiger partial charge in [-0.25, -0.2) is 0 Å². The molecule has 0 atom stereocenters. The maximum absolute atomic E-state index is 13.1. The molecule has 148 valence electrons. The minimum Gasteiger partial charge on any atom is -0.493 e. The number of benzene rings is 2. The summed E-state index contributed by atoms with van der Waals surface area (Å²) in [4.78, 5) is 27.6. The summed E-state index contributed by atoms with van der Waals surface area (Å²) in [5.74, 6) is 0.809. The van der Waals surface area contributed by atoms with Gasteiger partial charge in [-0.2, -0.15) is 0 Å². The molecule has 2 aromatic rings. The van der Waals surface area contributed by atoms with E-state index in [4.69, 9.17) is 9.47 Å². The third-order valence-corrected chi connectivity index (χ3v) is 5.14. The molecule has 6 heteroatoms. The zero-order valence-electron chi connectivity index (χ0n) is 16.7. The van der Waals surface area contributed by atoms with Crippen LogP contribution in [0, 0.1) is 5.41 Å². The van der Waals surface area contributed by atoms with Gasteiger partial charge < -0.3 is 19.7 Å². The number of carbonyl (C=O) groups excluding carboxylic acids is 2. The molecule has 2 amide bonds. The van der Waals surface area contributed by atoms with Crippen LogP contribution in [0.3, 0.4) is 0 Å². The summed E-state index contributed by atoms with van der Waals surface area (Å²) in [6.07, 6.45) is 0.706. The molecule has 28 heavy (non-hydrogen) atoms. The molecule has 1 heterocycles. The minimum atomic E-state index is -1.18. The van der Waals surface area contributed by atoms with Crippen molar-refractivity contribution in [3.05, 3.63) is 53.6 Å². The van der Waals surface area contributed by atoms with Crippen molar-refractivity contribution in [1.82, 2.24) is 4.90 Å². The summed E-state index contributed by atoms with van der Waals surface area (Å²) < 4.78 is 10.7. The highest BCUT2D eigenvalue weighted by Crippen LogP contribution is 2.34. The molecule has 3 rings (SSSR count). The van der Waals surface area contributed by atoms with E-state index in [9.17, 15) is 9.59 Å². The van der Waals surface area contributed by atoms with Crippen LogP contribution < -0.4 is 14.8 Å². The average molecular weight is 382 g/mol. The molecule has 0 fully saturated rings. The fourth-order valence-corrected chi connectivity index (χ4v) is 3.36. The SMILES string of the molecule is COc1cc2c(cc1OC)CN(C(=O)C(C)(C)C(=O)Nc1ccccc1)CC2.